The van der Waals surface area contributed by atoms with E-state index in [1.807, 2.05) is 48.7 Å². The first-order valence-corrected chi connectivity index (χ1v) is 11.0. The molecule has 1 atom stereocenters. The molecule has 6 nitrogen and oxygen atoms in total. The molecule has 3 heterocycles. The summed E-state index contributed by atoms with van der Waals surface area (Å²) in [6.07, 6.45) is 1.93. The third-order valence-corrected chi connectivity index (χ3v) is 6.30. The van der Waals surface area contributed by atoms with Gasteiger partial charge in [-0.1, -0.05) is 43.3 Å². The van der Waals surface area contributed by atoms with E-state index in [2.05, 4.69) is 17.1 Å². The Kier molecular flexibility index (Phi) is 5.59. The van der Waals surface area contributed by atoms with Gasteiger partial charge in [-0.25, -0.2) is 4.98 Å². The first kappa shape index (κ1) is 18.9. The van der Waals surface area contributed by atoms with Crippen molar-refractivity contribution >= 4 is 34.0 Å². The van der Waals surface area contributed by atoms with Gasteiger partial charge in [0.1, 0.15) is 0 Å². The summed E-state index contributed by atoms with van der Waals surface area (Å²) in [5.74, 6) is 1.05. The number of thioether (sulfide) groups is 1. The number of rotatable bonds is 7. The van der Waals surface area contributed by atoms with Crippen LogP contribution in [0.15, 0.2) is 56.1 Å². The maximum atomic E-state index is 13.0. The standard InChI is InChI=1S/C20H20N4O2S2/c1-3-4-11-24-19(25)14-8-5-6-9-15(14)21-20(24)28-13(2)17-22-23-18(26-17)16-10-7-12-27-16/h5-10,12-13H,3-4,11H2,1-2H3/t13-/m0/s1. The maximum Gasteiger partial charge on any atom is 0.262 e. The molecule has 0 aliphatic heterocycles. The lowest BCUT2D eigenvalue weighted by atomic mass is 10.2. The molecule has 0 saturated carbocycles. The van der Waals surface area contributed by atoms with Crippen LogP contribution in [0.3, 0.4) is 0 Å². The third kappa shape index (κ3) is 3.74. The molecule has 0 N–H and O–H groups in total. The minimum atomic E-state index is -0.123. The molecule has 0 saturated heterocycles. The van der Waals surface area contributed by atoms with E-state index in [9.17, 15) is 4.79 Å². The summed E-state index contributed by atoms with van der Waals surface area (Å²) in [5, 5.41) is 11.5. The van der Waals surface area contributed by atoms with Gasteiger partial charge in [-0.05, 0) is 36.9 Å². The quantitative estimate of drug-likeness (QED) is 0.308. The molecule has 1 aromatic carbocycles. The number of fused-ring (bicyclic) bond motifs is 1. The highest BCUT2D eigenvalue weighted by atomic mass is 32.2. The van der Waals surface area contributed by atoms with Gasteiger partial charge in [0, 0.05) is 6.54 Å². The molecular weight excluding hydrogens is 392 g/mol. The number of benzene rings is 1. The summed E-state index contributed by atoms with van der Waals surface area (Å²) in [5.41, 5.74) is 0.707. The van der Waals surface area contributed by atoms with E-state index in [1.165, 1.54) is 11.8 Å². The second kappa shape index (κ2) is 8.28. The summed E-state index contributed by atoms with van der Waals surface area (Å²) in [6, 6.07) is 11.4. The number of thiophene rings is 1. The van der Waals surface area contributed by atoms with Gasteiger partial charge >= 0.3 is 0 Å². The zero-order valence-electron chi connectivity index (χ0n) is 15.7. The molecule has 3 aromatic heterocycles. The highest BCUT2D eigenvalue weighted by molar-refractivity contribution is 7.99. The second-order valence-electron chi connectivity index (χ2n) is 6.40. The van der Waals surface area contributed by atoms with Crippen molar-refractivity contribution in [1.29, 1.82) is 0 Å². The van der Waals surface area contributed by atoms with Crippen LogP contribution < -0.4 is 5.56 Å². The largest absolute Gasteiger partial charge is 0.419 e. The highest BCUT2D eigenvalue weighted by Crippen LogP contribution is 2.35. The van der Waals surface area contributed by atoms with Crippen LogP contribution in [0.1, 0.15) is 37.8 Å². The van der Waals surface area contributed by atoms with Crippen molar-refractivity contribution < 1.29 is 4.42 Å². The molecule has 0 spiro atoms. The topological polar surface area (TPSA) is 73.8 Å². The smallest absolute Gasteiger partial charge is 0.262 e. The van der Waals surface area contributed by atoms with Crippen LogP contribution in [0.5, 0.6) is 0 Å². The summed E-state index contributed by atoms with van der Waals surface area (Å²) in [7, 11) is 0. The fourth-order valence-electron chi connectivity index (χ4n) is 2.86. The van der Waals surface area contributed by atoms with Gasteiger partial charge < -0.3 is 4.42 Å². The summed E-state index contributed by atoms with van der Waals surface area (Å²) >= 11 is 3.03. The van der Waals surface area contributed by atoms with E-state index in [4.69, 9.17) is 9.40 Å². The molecule has 28 heavy (non-hydrogen) atoms. The van der Waals surface area contributed by atoms with Crippen molar-refractivity contribution in [3.05, 3.63) is 58.0 Å². The van der Waals surface area contributed by atoms with Gasteiger partial charge in [-0.15, -0.1) is 21.5 Å². The summed E-state index contributed by atoms with van der Waals surface area (Å²) in [6.45, 7) is 4.74. The van der Waals surface area contributed by atoms with Gasteiger partial charge in [0.2, 0.25) is 5.89 Å². The van der Waals surface area contributed by atoms with Crippen LogP contribution in [0.2, 0.25) is 0 Å². The van der Waals surface area contributed by atoms with Gasteiger partial charge in [0.05, 0.1) is 21.0 Å². The monoisotopic (exact) mass is 412 g/mol. The van der Waals surface area contributed by atoms with Crippen LogP contribution in [-0.2, 0) is 6.54 Å². The molecule has 0 unspecified atom stereocenters. The number of hydrogen-bond acceptors (Lipinski definition) is 7. The molecule has 144 valence electrons. The van der Waals surface area contributed by atoms with Crippen molar-refractivity contribution in [2.75, 3.05) is 0 Å². The summed E-state index contributed by atoms with van der Waals surface area (Å²) < 4.78 is 7.62. The van der Waals surface area contributed by atoms with E-state index < -0.39 is 0 Å². The SMILES string of the molecule is CCCCn1c(S[C@@H](C)c2nnc(-c3cccs3)o2)nc2ccccc2c1=O. The van der Waals surface area contributed by atoms with Crippen molar-refractivity contribution in [3.8, 4) is 10.8 Å². The zero-order valence-corrected chi connectivity index (χ0v) is 17.3. The van der Waals surface area contributed by atoms with E-state index in [0.29, 0.717) is 34.4 Å². The molecule has 0 amide bonds. The molecule has 0 aliphatic carbocycles. The Morgan fingerprint density at radius 2 is 2.07 bits per heavy atom. The first-order chi connectivity index (χ1) is 13.7. The first-order valence-electron chi connectivity index (χ1n) is 9.21. The fraction of sp³-hybridized carbons (Fsp3) is 0.300. The third-order valence-electron chi connectivity index (χ3n) is 4.36. The minimum Gasteiger partial charge on any atom is -0.419 e. The Hall–Kier alpha value is -2.45. The molecule has 0 bridgehead atoms. The molecule has 0 aliphatic rings. The van der Waals surface area contributed by atoms with E-state index in [1.54, 1.807) is 15.9 Å². The van der Waals surface area contributed by atoms with Gasteiger partial charge in [0.25, 0.3) is 11.4 Å². The fourth-order valence-corrected chi connectivity index (χ4v) is 4.47. The average molecular weight is 413 g/mol. The van der Waals surface area contributed by atoms with E-state index in [0.717, 1.165) is 17.7 Å². The van der Waals surface area contributed by atoms with Crippen LogP contribution in [0.4, 0.5) is 0 Å². The van der Waals surface area contributed by atoms with Gasteiger partial charge in [-0.3, -0.25) is 9.36 Å². The Morgan fingerprint density at radius 3 is 2.86 bits per heavy atom. The normalized spacial score (nSPS) is 12.5. The molecule has 4 rings (SSSR count). The van der Waals surface area contributed by atoms with E-state index >= 15 is 0 Å². The van der Waals surface area contributed by atoms with Crippen LogP contribution in [-0.4, -0.2) is 19.7 Å². The lowest BCUT2D eigenvalue weighted by Gasteiger charge is -2.14. The van der Waals surface area contributed by atoms with Crippen molar-refractivity contribution in [2.24, 2.45) is 0 Å². The molecular formula is C20H20N4O2S2. The van der Waals surface area contributed by atoms with Crippen LogP contribution in [0.25, 0.3) is 21.7 Å². The Morgan fingerprint density at radius 1 is 1.21 bits per heavy atom. The maximum absolute atomic E-state index is 13.0. The summed E-state index contributed by atoms with van der Waals surface area (Å²) in [4.78, 5) is 18.7. The van der Waals surface area contributed by atoms with Gasteiger partial charge in [-0.2, -0.15) is 0 Å². The lowest BCUT2D eigenvalue weighted by molar-refractivity contribution is 0.508. The molecule has 4 aromatic rings. The Bertz CT molecular complexity index is 1130. The highest BCUT2D eigenvalue weighted by Gasteiger charge is 2.20. The average Bonchev–Trinajstić information content (AvgIpc) is 3.39. The van der Waals surface area contributed by atoms with Crippen molar-refractivity contribution in [3.63, 3.8) is 0 Å². The Labute approximate surface area is 170 Å². The lowest BCUT2D eigenvalue weighted by Crippen LogP contribution is -2.23. The number of hydrogen-bond donors (Lipinski definition) is 0. The zero-order chi connectivity index (χ0) is 19.5. The number of aromatic nitrogens is 4. The number of para-hydroxylation sites is 1. The molecule has 8 heteroatoms. The minimum absolute atomic E-state index is 0.00134. The van der Waals surface area contributed by atoms with Crippen molar-refractivity contribution in [1.82, 2.24) is 19.7 Å². The number of unbranched alkanes of at least 4 members (excludes halogenated alkanes) is 1. The van der Waals surface area contributed by atoms with Crippen LogP contribution >= 0.6 is 23.1 Å². The van der Waals surface area contributed by atoms with Crippen LogP contribution in [0, 0.1) is 0 Å². The van der Waals surface area contributed by atoms with E-state index in [-0.39, 0.29) is 10.8 Å². The Balaban J connectivity index is 1.67. The second-order valence-corrected chi connectivity index (χ2v) is 8.66. The van der Waals surface area contributed by atoms with Gasteiger partial charge in [0.15, 0.2) is 5.16 Å². The molecule has 0 radical (unpaired) electrons. The predicted molar refractivity (Wildman–Crippen MR) is 113 cm³/mol. The number of nitrogens with zero attached hydrogens (tertiary/aromatic N) is 4. The predicted octanol–water partition coefficient (Wildman–Crippen LogP) is 5.16. The molecule has 0 fully saturated rings. The van der Waals surface area contributed by atoms with Crippen molar-refractivity contribution in [2.45, 2.75) is 43.6 Å².